The molecule has 222 valence electrons. The normalized spacial score (nSPS) is 14.9. The Morgan fingerprint density at radius 1 is 1.09 bits per heavy atom. The zero-order valence-electron chi connectivity index (χ0n) is 24.7. The molecule has 10 heteroatoms. The van der Waals surface area contributed by atoms with Crippen LogP contribution in [0.15, 0.2) is 94.0 Å². The molecule has 0 radical (unpaired) electrons. The molecular weight excluding hydrogens is 576 g/mol. The van der Waals surface area contributed by atoms with Crippen molar-refractivity contribution in [1.29, 1.82) is 0 Å². The Morgan fingerprint density at radius 2 is 1.84 bits per heavy atom. The van der Waals surface area contributed by atoms with E-state index in [4.69, 9.17) is 4.74 Å². The van der Waals surface area contributed by atoms with Crippen LogP contribution in [0.1, 0.15) is 47.7 Å². The van der Waals surface area contributed by atoms with E-state index in [1.54, 1.807) is 32.9 Å². The Hall–Kier alpha value is -5.09. The Morgan fingerprint density at radius 3 is 2.57 bits per heavy atom. The average Bonchev–Trinajstić information content (AvgIpc) is 3.50. The SMILES string of the molecule is CCOC(=O)C1=C(C)N=c2s/c(=C/c3cn(Cc4ccc(C)cc4)c4ccccc34)c(=O)n2[C@@H]1c1ccc(C)c([N+](=O)[O-])c1. The lowest BCUT2D eigenvalue weighted by atomic mass is 9.94. The van der Waals surface area contributed by atoms with Crippen molar-refractivity contribution < 1.29 is 14.5 Å². The fourth-order valence-electron chi connectivity index (χ4n) is 5.65. The van der Waals surface area contributed by atoms with E-state index in [0.29, 0.717) is 32.7 Å². The van der Waals surface area contributed by atoms with Gasteiger partial charge in [-0.1, -0.05) is 71.5 Å². The number of rotatable bonds is 7. The Bertz CT molecular complexity index is 2170. The van der Waals surface area contributed by atoms with E-state index < -0.39 is 16.9 Å². The summed E-state index contributed by atoms with van der Waals surface area (Å²) in [5, 5.41) is 12.8. The van der Waals surface area contributed by atoms with Gasteiger partial charge in [0.25, 0.3) is 11.2 Å². The third kappa shape index (κ3) is 5.17. The van der Waals surface area contributed by atoms with Gasteiger partial charge in [-0.25, -0.2) is 9.79 Å². The molecule has 0 unspecified atom stereocenters. The van der Waals surface area contributed by atoms with Crippen molar-refractivity contribution in [3.8, 4) is 0 Å². The van der Waals surface area contributed by atoms with Crippen molar-refractivity contribution in [3.63, 3.8) is 0 Å². The summed E-state index contributed by atoms with van der Waals surface area (Å²) < 4.78 is 9.41. The number of hydrogen-bond acceptors (Lipinski definition) is 7. The van der Waals surface area contributed by atoms with Gasteiger partial charge < -0.3 is 9.30 Å². The third-order valence-corrected chi connectivity index (χ3v) is 8.83. The molecule has 0 saturated carbocycles. The maximum atomic E-state index is 14.2. The molecule has 1 aliphatic rings. The van der Waals surface area contributed by atoms with Crippen molar-refractivity contribution in [2.24, 2.45) is 4.99 Å². The van der Waals surface area contributed by atoms with Gasteiger partial charge in [-0.3, -0.25) is 19.5 Å². The highest BCUT2D eigenvalue weighted by atomic mass is 32.1. The molecular formula is C34H30N4O5S. The van der Waals surface area contributed by atoms with Crippen LogP contribution in [0.4, 0.5) is 5.69 Å². The highest BCUT2D eigenvalue weighted by Gasteiger charge is 2.34. The first-order valence-corrected chi connectivity index (χ1v) is 15.1. The maximum Gasteiger partial charge on any atom is 0.338 e. The molecule has 0 saturated heterocycles. The minimum atomic E-state index is -0.936. The highest BCUT2D eigenvalue weighted by Crippen LogP contribution is 2.33. The zero-order valence-corrected chi connectivity index (χ0v) is 25.6. The van der Waals surface area contributed by atoms with Gasteiger partial charge in [-0.15, -0.1) is 0 Å². The molecule has 0 spiro atoms. The van der Waals surface area contributed by atoms with Crippen LogP contribution in [0, 0.1) is 24.0 Å². The number of allylic oxidation sites excluding steroid dienone is 1. The van der Waals surface area contributed by atoms with Gasteiger partial charge in [-0.05, 0) is 51.0 Å². The van der Waals surface area contributed by atoms with E-state index in [-0.39, 0.29) is 23.4 Å². The monoisotopic (exact) mass is 606 g/mol. The molecule has 9 nitrogen and oxygen atoms in total. The number of para-hydroxylation sites is 1. The number of aryl methyl sites for hydroxylation is 2. The van der Waals surface area contributed by atoms with E-state index >= 15 is 0 Å². The van der Waals surface area contributed by atoms with E-state index in [1.165, 1.54) is 27.5 Å². The maximum absolute atomic E-state index is 14.2. The van der Waals surface area contributed by atoms with Crippen LogP contribution in [0.2, 0.25) is 0 Å². The second-order valence-corrected chi connectivity index (χ2v) is 11.8. The largest absolute Gasteiger partial charge is 0.463 e. The number of hydrogen-bond donors (Lipinski definition) is 0. The lowest BCUT2D eigenvalue weighted by Crippen LogP contribution is -2.40. The molecule has 5 aromatic rings. The first-order valence-electron chi connectivity index (χ1n) is 14.2. The van der Waals surface area contributed by atoms with E-state index in [2.05, 4.69) is 46.8 Å². The number of nitrogens with zero attached hydrogens (tertiary/aromatic N) is 4. The number of carbonyl (C=O) groups is 1. The summed E-state index contributed by atoms with van der Waals surface area (Å²) in [5.41, 5.74) is 5.33. The molecule has 0 fully saturated rings. The topological polar surface area (TPSA) is 109 Å². The molecule has 44 heavy (non-hydrogen) atoms. The fraction of sp³-hybridized carbons (Fsp3) is 0.206. The number of nitro groups is 1. The quantitative estimate of drug-likeness (QED) is 0.141. The number of ether oxygens (including phenoxy) is 1. The molecule has 0 aliphatic carbocycles. The van der Waals surface area contributed by atoms with Gasteiger partial charge in [0.15, 0.2) is 4.80 Å². The Balaban J connectivity index is 1.53. The van der Waals surface area contributed by atoms with Gasteiger partial charge in [0.05, 0.1) is 33.4 Å². The smallest absolute Gasteiger partial charge is 0.338 e. The average molecular weight is 607 g/mol. The van der Waals surface area contributed by atoms with Crippen molar-refractivity contribution in [1.82, 2.24) is 9.13 Å². The minimum Gasteiger partial charge on any atom is -0.463 e. The van der Waals surface area contributed by atoms with Crippen LogP contribution >= 0.6 is 11.3 Å². The second kappa shape index (κ2) is 11.5. The lowest BCUT2D eigenvalue weighted by molar-refractivity contribution is -0.385. The predicted octanol–water partition coefficient (Wildman–Crippen LogP) is 5.33. The first kappa shape index (κ1) is 29.0. The number of benzene rings is 3. The molecule has 3 heterocycles. The summed E-state index contributed by atoms with van der Waals surface area (Å²) in [6.45, 7) is 7.90. The molecule has 1 atom stereocenters. The number of thiazole rings is 1. The Labute approximate surface area is 256 Å². The summed E-state index contributed by atoms with van der Waals surface area (Å²) in [5.74, 6) is -0.615. The third-order valence-electron chi connectivity index (χ3n) is 7.84. The zero-order chi connectivity index (χ0) is 31.1. The van der Waals surface area contributed by atoms with Gasteiger partial charge in [-0.2, -0.15) is 0 Å². The number of fused-ring (bicyclic) bond motifs is 2. The molecule has 0 amide bonds. The van der Waals surface area contributed by atoms with Crippen molar-refractivity contribution >= 4 is 40.0 Å². The number of aromatic nitrogens is 2. The van der Waals surface area contributed by atoms with Crippen LogP contribution in [0.5, 0.6) is 0 Å². The van der Waals surface area contributed by atoms with Gasteiger partial charge >= 0.3 is 5.97 Å². The number of esters is 1. The van der Waals surface area contributed by atoms with Crippen LogP contribution < -0.4 is 14.9 Å². The molecule has 3 aromatic carbocycles. The Kier molecular flexibility index (Phi) is 7.60. The molecule has 1 aliphatic heterocycles. The van der Waals surface area contributed by atoms with Crippen molar-refractivity contribution in [3.05, 3.63) is 142 Å². The standard InChI is InChI=1S/C34H30N4O5S/c1-5-43-33(40)30-22(4)35-34-37(31(30)24-15-12-21(3)28(16-24)38(41)42)32(39)29(44-34)17-25-19-36(27-9-7-6-8-26(25)27)18-23-13-10-20(2)11-14-23/h6-17,19,31H,5,18H2,1-4H3/b29-17+/t31-/m1/s1. The summed E-state index contributed by atoms with van der Waals surface area (Å²) in [7, 11) is 0. The summed E-state index contributed by atoms with van der Waals surface area (Å²) >= 11 is 1.22. The van der Waals surface area contributed by atoms with E-state index in [9.17, 15) is 19.7 Å². The molecule has 0 bridgehead atoms. The van der Waals surface area contributed by atoms with E-state index in [0.717, 1.165) is 22.0 Å². The summed E-state index contributed by atoms with van der Waals surface area (Å²) in [4.78, 5) is 43.8. The first-order chi connectivity index (χ1) is 21.2. The van der Waals surface area contributed by atoms with Crippen molar-refractivity contribution in [2.75, 3.05) is 6.61 Å². The molecule has 0 N–H and O–H groups in total. The van der Waals surface area contributed by atoms with Crippen molar-refractivity contribution in [2.45, 2.75) is 40.3 Å². The lowest BCUT2D eigenvalue weighted by Gasteiger charge is -2.24. The number of nitro benzene ring substituents is 1. The molecule has 2 aromatic heterocycles. The van der Waals surface area contributed by atoms with E-state index in [1.807, 2.05) is 30.5 Å². The predicted molar refractivity (Wildman–Crippen MR) is 170 cm³/mol. The second-order valence-electron chi connectivity index (χ2n) is 10.8. The van der Waals surface area contributed by atoms with Gasteiger partial charge in [0.1, 0.15) is 0 Å². The number of carbonyl (C=O) groups excluding carboxylic acids is 1. The van der Waals surface area contributed by atoms with Gasteiger partial charge in [0.2, 0.25) is 0 Å². The fourth-order valence-corrected chi connectivity index (χ4v) is 6.69. The molecule has 6 rings (SSSR count). The summed E-state index contributed by atoms with van der Waals surface area (Å²) in [6.07, 6.45) is 3.90. The van der Waals surface area contributed by atoms with Gasteiger partial charge in [0, 0.05) is 40.8 Å². The summed E-state index contributed by atoms with van der Waals surface area (Å²) in [6, 6.07) is 20.3. The van der Waals surface area contributed by atoms with Crippen LogP contribution in [0.3, 0.4) is 0 Å². The highest BCUT2D eigenvalue weighted by molar-refractivity contribution is 7.07. The van der Waals surface area contributed by atoms with Crippen LogP contribution in [-0.4, -0.2) is 26.6 Å². The van der Waals surface area contributed by atoms with Crippen LogP contribution in [0.25, 0.3) is 17.0 Å². The minimum absolute atomic E-state index is 0.0936. The van der Waals surface area contributed by atoms with Crippen LogP contribution in [-0.2, 0) is 16.1 Å².